The smallest absolute Gasteiger partial charge is 0.293 e. The summed E-state index contributed by atoms with van der Waals surface area (Å²) in [5, 5.41) is 19.9. The Hall–Kier alpha value is -3.42. The average molecular weight is 382 g/mol. The third-order valence-electron chi connectivity index (χ3n) is 4.33. The number of benzene rings is 2. The Morgan fingerprint density at radius 3 is 2.18 bits per heavy atom. The molecule has 8 heteroatoms. The highest BCUT2D eigenvalue weighted by molar-refractivity contribution is 6.05. The maximum Gasteiger partial charge on any atom is 0.293 e. The van der Waals surface area contributed by atoms with Crippen LogP contribution in [0.3, 0.4) is 0 Å². The van der Waals surface area contributed by atoms with Crippen LogP contribution in [0.2, 0.25) is 0 Å². The summed E-state index contributed by atoms with van der Waals surface area (Å²) < 4.78 is 0. The average Bonchev–Trinajstić information content (AvgIpc) is 3.47. The second-order valence-corrected chi connectivity index (χ2v) is 7.08. The summed E-state index contributed by atoms with van der Waals surface area (Å²) in [7, 11) is 0. The van der Waals surface area contributed by atoms with Crippen LogP contribution in [-0.4, -0.2) is 22.8 Å². The Bertz CT molecular complexity index is 905. The summed E-state index contributed by atoms with van der Waals surface area (Å²) >= 11 is 0. The Balaban J connectivity index is 1.69. The van der Waals surface area contributed by atoms with Crippen molar-refractivity contribution in [3.63, 3.8) is 0 Å². The zero-order valence-corrected chi connectivity index (χ0v) is 15.7. The Kier molecular flexibility index (Phi) is 5.58. The molecular weight excluding hydrogens is 360 g/mol. The number of nitrogens with zero attached hydrogens (tertiary/aromatic N) is 1. The van der Waals surface area contributed by atoms with E-state index in [9.17, 15) is 19.7 Å². The molecule has 0 unspecified atom stereocenters. The van der Waals surface area contributed by atoms with Gasteiger partial charge in [-0.2, -0.15) is 0 Å². The van der Waals surface area contributed by atoms with Crippen LogP contribution >= 0.6 is 0 Å². The van der Waals surface area contributed by atoms with Crippen molar-refractivity contribution in [2.24, 2.45) is 5.92 Å². The summed E-state index contributed by atoms with van der Waals surface area (Å²) in [5.41, 5.74) is 1.66. The van der Waals surface area contributed by atoms with E-state index >= 15 is 0 Å². The van der Waals surface area contributed by atoms with Gasteiger partial charge in [0.1, 0.15) is 5.69 Å². The van der Waals surface area contributed by atoms with Crippen LogP contribution < -0.4 is 16.0 Å². The van der Waals surface area contributed by atoms with Gasteiger partial charge >= 0.3 is 0 Å². The predicted octanol–water partition coefficient (Wildman–Crippen LogP) is 4.02. The molecule has 3 N–H and O–H groups in total. The lowest BCUT2D eigenvalue weighted by Gasteiger charge is -2.10. The first-order valence-electron chi connectivity index (χ1n) is 9.10. The van der Waals surface area contributed by atoms with E-state index in [0.717, 1.165) is 12.8 Å². The van der Waals surface area contributed by atoms with E-state index in [-0.39, 0.29) is 29.1 Å². The molecule has 2 amide bonds. The van der Waals surface area contributed by atoms with Crippen LogP contribution in [0.1, 0.15) is 37.0 Å². The maximum absolute atomic E-state index is 12.5. The monoisotopic (exact) mass is 382 g/mol. The van der Waals surface area contributed by atoms with Crippen molar-refractivity contribution in [2.75, 3.05) is 16.0 Å². The summed E-state index contributed by atoms with van der Waals surface area (Å²) in [4.78, 5) is 35.0. The number of carbonyl (C=O) groups is 2. The van der Waals surface area contributed by atoms with Gasteiger partial charge in [-0.05, 0) is 49.2 Å². The minimum Gasteiger partial charge on any atom is -0.377 e. The number of anilines is 3. The standard InChI is InChI=1S/C20H22N4O4/c1-12(2)19(25)22-15-6-8-16(9-7-15)23-20(26)13-3-10-17(21-14-4-5-14)18(11-13)24(27)28/h3,6-12,14,21H,4-5H2,1-2H3,(H,22,25)(H,23,26). The van der Waals surface area contributed by atoms with Crippen molar-refractivity contribution >= 4 is 34.6 Å². The lowest BCUT2D eigenvalue weighted by atomic mass is 10.1. The first-order valence-corrected chi connectivity index (χ1v) is 9.10. The van der Waals surface area contributed by atoms with Crippen LogP contribution in [0.4, 0.5) is 22.7 Å². The largest absolute Gasteiger partial charge is 0.377 e. The molecule has 28 heavy (non-hydrogen) atoms. The molecule has 2 aromatic carbocycles. The zero-order valence-electron chi connectivity index (χ0n) is 15.7. The number of rotatable bonds is 7. The number of nitro groups is 1. The van der Waals surface area contributed by atoms with Gasteiger partial charge in [0.25, 0.3) is 11.6 Å². The molecule has 8 nitrogen and oxygen atoms in total. The van der Waals surface area contributed by atoms with Gasteiger partial charge in [0, 0.05) is 35.0 Å². The van der Waals surface area contributed by atoms with Crippen molar-refractivity contribution in [1.82, 2.24) is 0 Å². The summed E-state index contributed by atoms with van der Waals surface area (Å²) in [6, 6.07) is 11.4. The second-order valence-electron chi connectivity index (χ2n) is 7.08. The van der Waals surface area contributed by atoms with Crippen molar-refractivity contribution in [3.05, 3.63) is 58.1 Å². The highest BCUT2D eigenvalue weighted by atomic mass is 16.6. The fourth-order valence-electron chi connectivity index (χ4n) is 2.52. The number of carbonyl (C=O) groups excluding carboxylic acids is 2. The molecule has 3 rings (SSSR count). The maximum atomic E-state index is 12.5. The lowest BCUT2D eigenvalue weighted by Crippen LogP contribution is -2.17. The molecule has 0 atom stereocenters. The van der Waals surface area contributed by atoms with Crippen LogP contribution in [0.5, 0.6) is 0 Å². The third-order valence-corrected chi connectivity index (χ3v) is 4.33. The van der Waals surface area contributed by atoms with Crippen molar-refractivity contribution < 1.29 is 14.5 Å². The van der Waals surface area contributed by atoms with Gasteiger partial charge in [-0.25, -0.2) is 0 Å². The molecule has 1 aliphatic rings. The number of hydrogen-bond donors (Lipinski definition) is 3. The number of nitro benzene ring substituents is 1. The number of nitrogens with one attached hydrogen (secondary N) is 3. The molecular formula is C20H22N4O4. The zero-order chi connectivity index (χ0) is 20.3. The van der Waals surface area contributed by atoms with Crippen LogP contribution in [0.25, 0.3) is 0 Å². The van der Waals surface area contributed by atoms with Gasteiger partial charge in [-0.15, -0.1) is 0 Å². The molecule has 0 saturated heterocycles. The number of hydrogen-bond acceptors (Lipinski definition) is 5. The van der Waals surface area contributed by atoms with Crippen molar-refractivity contribution in [2.45, 2.75) is 32.7 Å². The second kappa shape index (κ2) is 8.08. The Morgan fingerprint density at radius 1 is 1.04 bits per heavy atom. The molecule has 0 spiro atoms. The SMILES string of the molecule is CC(C)C(=O)Nc1ccc(NC(=O)c2ccc(NC3CC3)c([N+](=O)[O-])c2)cc1. The van der Waals surface area contributed by atoms with Gasteiger partial charge in [-0.3, -0.25) is 19.7 Å². The molecule has 2 aromatic rings. The summed E-state index contributed by atoms with van der Waals surface area (Å²) in [6.45, 7) is 3.60. The van der Waals surface area contributed by atoms with Crippen molar-refractivity contribution in [3.8, 4) is 0 Å². The predicted molar refractivity (Wildman–Crippen MR) is 108 cm³/mol. The summed E-state index contributed by atoms with van der Waals surface area (Å²) in [6.07, 6.45) is 1.99. The van der Waals surface area contributed by atoms with Crippen LogP contribution in [0, 0.1) is 16.0 Å². The molecule has 1 aliphatic carbocycles. The highest BCUT2D eigenvalue weighted by Gasteiger charge is 2.25. The topological polar surface area (TPSA) is 113 Å². The molecule has 1 fully saturated rings. The molecule has 146 valence electrons. The first kappa shape index (κ1) is 19.3. The third kappa shape index (κ3) is 4.85. The molecule has 0 aliphatic heterocycles. The molecule has 0 radical (unpaired) electrons. The van der Waals surface area contributed by atoms with Gasteiger partial charge in [-0.1, -0.05) is 13.8 Å². The van der Waals surface area contributed by atoms with Gasteiger partial charge in [0.05, 0.1) is 4.92 Å². The van der Waals surface area contributed by atoms with E-state index < -0.39 is 10.8 Å². The van der Waals surface area contributed by atoms with E-state index in [0.29, 0.717) is 17.1 Å². The fraction of sp³-hybridized carbons (Fsp3) is 0.300. The lowest BCUT2D eigenvalue weighted by molar-refractivity contribution is -0.384. The van der Waals surface area contributed by atoms with Crippen LogP contribution in [-0.2, 0) is 4.79 Å². The van der Waals surface area contributed by atoms with Crippen LogP contribution in [0.15, 0.2) is 42.5 Å². The van der Waals surface area contributed by atoms with E-state index in [1.54, 1.807) is 50.2 Å². The highest BCUT2D eigenvalue weighted by Crippen LogP contribution is 2.31. The Labute approximate surface area is 162 Å². The molecule has 0 aromatic heterocycles. The number of amides is 2. The molecule has 1 saturated carbocycles. The van der Waals surface area contributed by atoms with Gasteiger partial charge < -0.3 is 16.0 Å². The van der Waals surface area contributed by atoms with Crippen molar-refractivity contribution in [1.29, 1.82) is 0 Å². The minimum absolute atomic E-state index is 0.0935. The van der Waals surface area contributed by atoms with E-state index in [2.05, 4.69) is 16.0 Å². The molecule has 0 bridgehead atoms. The van der Waals surface area contributed by atoms with E-state index in [4.69, 9.17) is 0 Å². The Morgan fingerprint density at radius 2 is 1.64 bits per heavy atom. The molecule has 0 heterocycles. The van der Waals surface area contributed by atoms with E-state index in [1.807, 2.05) is 0 Å². The quantitative estimate of drug-likeness (QED) is 0.494. The van der Waals surface area contributed by atoms with E-state index in [1.165, 1.54) is 6.07 Å². The van der Waals surface area contributed by atoms with Gasteiger partial charge in [0.2, 0.25) is 5.91 Å². The summed E-state index contributed by atoms with van der Waals surface area (Å²) in [5.74, 6) is -0.670. The minimum atomic E-state index is -0.492. The van der Waals surface area contributed by atoms with Gasteiger partial charge in [0.15, 0.2) is 0 Å². The fourth-order valence-corrected chi connectivity index (χ4v) is 2.52. The first-order chi connectivity index (χ1) is 13.3. The normalized spacial score (nSPS) is 13.1.